The van der Waals surface area contributed by atoms with Gasteiger partial charge in [-0.15, -0.1) is 0 Å². The summed E-state index contributed by atoms with van der Waals surface area (Å²) in [7, 11) is 0. The fraction of sp³-hybridized carbons (Fsp3) is 0.909. The van der Waals surface area contributed by atoms with Gasteiger partial charge in [-0.3, -0.25) is 4.99 Å². The maximum absolute atomic E-state index is 5.99. The van der Waals surface area contributed by atoms with Crippen molar-refractivity contribution in [2.24, 2.45) is 10.7 Å². The van der Waals surface area contributed by atoms with E-state index in [1.165, 1.54) is 0 Å². The van der Waals surface area contributed by atoms with Crippen LogP contribution in [0.1, 0.15) is 33.6 Å². The molecule has 1 fully saturated rings. The molecule has 4 nitrogen and oxygen atoms in total. The van der Waals surface area contributed by atoms with Gasteiger partial charge in [-0.2, -0.15) is 0 Å². The Balaban J connectivity index is 2.26. The molecule has 0 amide bonds. The van der Waals surface area contributed by atoms with Crippen LogP contribution >= 0.6 is 0 Å². The van der Waals surface area contributed by atoms with Gasteiger partial charge in [0.25, 0.3) is 0 Å². The Hall–Kier alpha value is -0.770. The van der Waals surface area contributed by atoms with Crippen molar-refractivity contribution in [3.63, 3.8) is 0 Å². The van der Waals surface area contributed by atoms with Gasteiger partial charge in [0, 0.05) is 12.6 Å². The summed E-state index contributed by atoms with van der Waals surface area (Å²) < 4.78 is 5.69. The molecule has 2 aliphatic heterocycles. The monoisotopic (exact) mass is 211 g/mol. The minimum absolute atomic E-state index is 0.0412. The summed E-state index contributed by atoms with van der Waals surface area (Å²) in [6, 6.07) is 0.445. The summed E-state index contributed by atoms with van der Waals surface area (Å²) in [5.41, 5.74) is 6.03. The molecule has 86 valence electrons. The highest BCUT2D eigenvalue weighted by Crippen LogP contribution is 2.37. The smallest absolute Gasteiger partial charge is 0.192 e. The van der Waals surface area contributed by atoms with Crippen molar-refractivity contribution in [3.05, 3.63) is 0 Å². The highest BCUT2D eigenvalue weighted by molar-refractivity contribution is 5.81. The van der Waals surface area contributed by atoms with E-state index in [2.05, 4.69) is 30.7 Å². The van der Waals surface area contributed by atoms with E-state index in [-0.39, 0.29) is 11.6 Å². The Kier molecular flexibility index (Phi) is 2.63. The second kappa shape index (κ2) is 3.67. The molecule has 0 aromatic heterocycles. The van der Waals surface area contributed by atoms with Crippen molar-refractivity contribution in [1.82, 2.24) is 4.90 Å². The van der Waals surface area contributed by atoms with Crippen LogP contribution in [0.25, 0.3) is 0 Å². The zero-order valence-electron chi connectivity index (χ0n) is 9.86. The average molecular weight is 211 g/mol. The molecule has 0 aromatic carbocycles. The van der Waals surface area contributed by atoms with E-state index in [4.69, 9.17) is 10.5 Å². The Morgan fingerprint density at radius 1 is 1.73 bits per heavy atom. The highest BCUT2D eigenvalue weighted by atomic mass is 16.5. The van der Waals surface area contributed by atoms with Crippen molar-refractivity contribution < 1.29 is 4.74 Å². The SMILES string of the molecule is CCC(C)N1C(N)=NCC12CCOC2C. The van der Waals surface area contributed by atoms with Crippen LogP contribution in [0.2, 0.25) is 0 Å². The summed E-state index contributed by atoms with van der Waals surface area (Å²) in [5, 5.41) is 0. The van der Waals surface area contributed by atoms with Crippen LogP contribution in [-0.4, -0.2) is 41.7 Å². The number of guanidine groups is 1. The molecule has 3 atom stereocenters. The van der Waals surface area contributed by atoms with Crippen molar-refractivity contribution >= 4 is 5.96 Å². The third-order valence-corrected chi connectivity index (χ3v) is 3.93. The summed E-state index contributed by atoms with van der Waals surface area (Å²) in [6.07, 6.45) is 2.37. The molecule has 3 unspecified atom stereocenters. The zero-order valence-corrected chi connectivity index (χ0v) is 9.86. The van der Waals surface area contributed by atoms with Gasteiger partial charge in [0.05, 0.1) is 18.2 Å². The average Bonchev–Trinajstić information content (AvgIpc) is 2.73. The van der Waals surface area contributed by atoms with Crippen molar-refractivity contribution in [2.75, 3.05) is 13.2 Å². The van der Waals surface area contributed by atoms with Gasteiger partial charge in [0.15, 0.2) is 5.96 Å². The lowest BCUT2D eigenvalue weighted by Gasteiger charge is -2.41. The van der Waals surface area contributed by atoms with E-state index in [9.17, 15) is 0 Å². The lowest BCUT2D eigenvalue weighted by Crippen LogP contribution is -2.58. The van der Waals surface area contributed by atoms with E-state index in [1.807, 2.05) is 0 Å². The first-order chi connectivity index (χ1) is 7.12. The molecule has 0 aromatic rings. The van der Waals surface area contributed by atoms with Gasteiger partial charge in [-0.1, -0.05) is 6.92 Å². The molecule has 2 heterocycles. The summed E-state index contributed by atoms with van der Waals surface area (Å²) >= 11 is 0. The van der Waals surface area contributed by atoms with Crippen LogP contribution in [0.3, 0.4) is 0 Å². The van der Waals surface area contributed by atoms with Crippen LogP contribution in [0.15, 0.2) is 4.99 Å². The first-order valence-electron chi connectivity index (χ1n) is 5.82. The molecule has 2 rings (SSSR count). The van der Waals surface area contributed by atoms with Crippen LogP contribution in [-0.2, 0) is 4.74 Å². The molecule has 0 aliphatic carbocycles. The first-order valence-corrected chi connectivity index (χ1v) is 5.82. The lowest BCUT2D eigenvalue weighted by molar-refractivity contribution is 0.0426. The molecule has 0 radical (unpaired) electrons. The van der Waals surface area contributed by atoms with E-state index in [0.29, 0.717) is 12.0 Å². The second-order valence-corrected chi connectivity index (χ2v) is 4.67. The Morgan fingerprint density at radius 2 is 2.47 bits per heavy atom. The molecule has 0 bridgehead atoms. The molecule has 4 heteroatoms. The molecular formula is C11H21N3O. The van der Waals surface area contributed by atoms with E-state index in [0.717, 1.165) is 26.0 Å². The number of rotatable bonds is 2. The normalized spacial score (nSPS) is 37.4. The van der Waals surface area contributed by atoms with Crippen molar-refractivity contribution in [1.29, 1.82) is 0 Å². The van der Waals surface area contributed by atoms with Gasteiger partial charge in [0.1, 0.15) is 0 Å². The first kappa shape index (κ1) is 10.7. The van der Waals surface area contributed by atoms with Gasteiger partial charge in [-0.25, -0.2) is 0 Å². The fourth-order valence-electron chi connectivity index (χ4n) is 2.74. The minimum Gasteiger partial charge on any atom is -0.376 e. The van der Waals surface area contributed by atoms with E-state index < -0.39 is 0 Å². The van der Waals surface area contributed by atoms with Crippen LogP contribution in [0.4, 0.5) is 0 Å². The number of nitrogens with zero attached hydrogens (tertiary/aromatic N) is 2. The third kappa shape index (κ3) is 1.42. The third-order valence-electron chi connectivity index (χ3n) is 3.93. The molecule has 2 N–H and O–H groups in total. The summed E-state index contributed by atoms with van der Waals surface area (Å²) in [6.45, 7) is 8.16. The number of ether oxygens (including phenoxy) is 1. The largest absolute Gasteiger partial charge is 0.376 e. The maximum Gasteiger partial charge on any atom is 0.192 e. The van der Waals surface area contributed by atoms with Gasteiger partial charge in [0.2, 0.25) is 0 Å². The number of aliphatic imine (C=N–C) groups is 1. The molecule has 0 saturated carbocycles. The minimum atomic E-state index is 0.0412. The van der Waals surface area contributed by atoms with Crippen molar-refractivity contribution in [3.8, 4) is 0 Å². The quantitative estimate of drug-likeness (QED) is 0.740. The zero-order chi connectivity index (χ0) is 11.1. The molecule has 15 heavy (non-hydrogen) atoms. The van der Waals surface area contributed by atoms with Crippen LogP contribution in [0.5, 0.6) is 0 Å². The molecule has 1 saturated heterocycles. The van der Waals surface area contributed by atoms with E-state index in [1.54, 1.807) is 0 Å². The van der Waals surface area contributed by atoms with Crippen molar-refractivity contribution in [2.45, 2.75) is 51.3 Å². The molecule has 2 aliphatic rings. The Morgan fingerprint density at radius 3 is 3.00 bits per heavy atom. The topological polar surface area (TPSA) is 50.8 Å². The van der Waals surface area contributed by atoms with Gasteiger partial charge in [-0.05, 0) is 26.7 Å². The second-order valence-electron chi connectivity index (χ2n) is 4.67. The van der Waals surface area contributed by atoms with Gasteiger partial charge < -0.3 is 15.4 Å². The van der Waals surface area contributed by atoms with Crippen LogP contribution < -0.4 is 5.73 Å². The number of nitrogens with two attached hydrogens (primary N) is 1. The van der Waals surface area contributed by atoms with E-state index >= 15 is 0 Å². The summed E-state index contributed by atoms with van der Waals surface area (Å²) in [4.78, 5) is 6.70. The number of hydrogen-bond donors (Lipinski definition) is 1. The molecular weight excluding hydrogens is 190 g/mol. The number of hydrogen-bond acceptors (Lipinski definition) is 4. The lowest BCUT2D eigenvalue weighted by atomic mass is 9.89. The summed E-state index contributed by atoms with van der Waals surface area (Å²) in [5.74, 6) is 0.696. The Labute approximate surface area is 91.5 Å². The Bertz CT molecular complexity index is 279. The maximum atomic E-state index is 5.99. The predicted molar refractivity (Wildman–Crippen MR) is 60.8 cm³/mol. The predicted octanol–water partition coefficient (Wildman–Crippen LogP) is 0.963. The van der Waals surface area contributed by atoms with Crippen LogP contribution in [0, 0.1) is 0 Å². The van der Waals surface area contributed by atoms with Gasteiger partial charge >= 0.3 is 0 Å². The fourth-order valence-corrected chi connectivity index (χ4v) is 2.74. The highest BCUT2D eigenvalue weighted by Gasteiger charge is 2.51. The molecule has 1 spiro atoms. The standard InChI is InChI=1S/C11H21N3O/c1-4-8(2)14-10(12)13-7-11(14)5-6-15-9(11)3/h8-9H,4-7H2,1-3H3,(H2,12,13).